The second-order valence-corrected chi connectivity index (χ2v) is 4.68. The van der Waals surface area contributed by atoms with E-state index in [9.17, 15) is 4.79 Å². The number of carbonyl (C=O) groups excluding carboxylic acids is 1. The standard InChI is InChI=1S/C11H10ClN5O2/c12-7-1-3-8(4-2-7)17-14-10(13-15-17)11(19)16-5-9(18)6-16/h1-4,9,18H,5-6H2. The number of amides is 1. The van der Waals surface area contributed by atoms with Crippen molar-refractivity contribution in [3.63, 3.8) is 0 Å². The van der Waals surface area contributed by atoms with Crippen LogP contribution in [0.2, 0.25) is 5.02 Å². The number of hydrogen-bond donors (Lipinski definition) is 1. The van der Waals surface area contributed by atoms with E-state index in [0.29, 0.717) is 23.8 Å². The normalized spacial score (nSPS) is 15.4. The number of hydrogen-bond acceptors (Lipinski definition) is 5. The van der Waals surface area contributed by atoms with Crippen molar-refractivity contribution < 1.29 is 9.90 Å². The molecular formula is C11H10ClN5O2. The van der Waals surface area contributed by atoms with Gasteiger partial charge in [-0.1, -0.05) is 11.6 Å². The molecule has 0 bridgehead atoms. The number of β-amino-alcohol motifs (C(OH)–C–C–N with tert-alkyl or cyclic N) is 1. The van der Waals surface area contributed by atoms with E-state index < -0.39 is 6.10 Å². The van der Waals surface area contributed by atoms with Gasteiger partial charge in [0.25, 0.3) is 11.7 Å². The maximum Gasteiger partial charge on any atom is 0.295 e. The van der Waals surface area contributed by atoms with Gasteiger partial charge in [-0.15, -0.1) is 15.0 Å². The Hall–Kier alpha value is -1.99. The highest BCUT2D eigenvalue weighted by Gasteiger charge is 2.31. The fourth-order valence-corrected chi connectivity index (χ4v) is 1.87. The number of aliphatic hydroxyl groups excluding tert-OH is 1. The highest BCUT2D eigenvalue weighted by atomic mass is 35.5. The Bertz CT molecular complexity index is 606. The van der Waals surface area contributed by atoms with Crippen molar-refractivity contribution >= 4 is 17.5 Å². The van der Waals surface area contributed by atoms with E-state index in [1.807, 2.05) is 0 Å². The Balaban J connectivity index is 1.79. The number of rotatable bonds is 2. The lowest BCUT2D eigenvalue weighted by Crippen LogP contribution is -2.53. The van der Waals surface area contributed by atoms with Crippen molar-refractivity contribution in [2.75, 3.05) is 13.1 Å². The third-order valence-electron chi connectivity index (χ3n) is 2.81. The van der Waals surface area contributed by atoms with Crippen LogP contribution in [0.4, 0.5) is 0 Å². The molecule has 1 N–H and O–H groups in total. The van der Waals surface area contributed by atoms with Gasteiger partial charge in [-0.2, -0.15) is 0 Å². The number of nitrogens with zero attached hydrogens (tertiary/aromatic N) is 5. The predicted octanol–water partition coefficient (Wildman–Crippen LogP) is 0.132. The molecular weight excluding hydrogens is 270 g/mol. The van der Waals surface area contributed by atoms with Gasteiger partial charge in [0.2, 0.25) is 0 Å². The molecule has 0 unspecified atom stereocenters. The van der Waals surface area contributed by atoms with Crippen LogP contribution in [0.1, 0.15) is 10.6 Å². The summed E-state index contributed by atoms with van der Waals surface area (Å²) in [7, 11) is 0. The first-order valence-electron chi connectivity index (χ1n) is 5.67. The zero-order valence-electron chi connectivity index (χ0n) is 9.77. The lowest BCUT2D eigenvalue weighted by molar-refractivity contribution is 0.00506. The van der Waals surface area contributed by atoms with E-state index in [0.717, 1.165) is 0 Å². The summed E-state index contributed by atoms with van der Waals surface area (Å²) in [6, 6.07) is 6.86. The fourth-order valence-electron chi connectivity index (χ4n) is 1.75. The van der Waals surface area contributed by atoms with E-state index in [4.69, 9.17) is 16.7 Å². The monoisotopic (exact) mass is 279 g/mol. The van der Waals surface area contributed by atoms with Crippen molar-refractivity contribution in [2.45, 2.75) is 6.10 Å². The molecule has 1 amide bonds. The molecule has 8 heteroatoms. The van der Waals surface area contributed by atoms with Crippen LogP contribution < -0.4 is 0 Å². The number of tetrazole rings is 1. The molecule has 1 saturated heterocycles. The Morgan fingerprint density at radius 1 is 1.32 bits per heavy atom. The number of benzene rings is 1. The summed E-state index contributed by atoms with van der Waals surface area (Å²) in [4.78, 5) is 14.6. The lowest BCUT2D eigenvalue weighted by atomic mass is 10.2. The summed E-state index contributed by atoms with van der Waals surface area (Å²) in [5, 5.41) is 21.3. The average molecular weight is 280 g/mol. The number of halogens is 1. The van der Waals surface area contributed by atoms with Crippen molar-refractivity contribution in [1.82, 2.24) is 25.1 Å². The van der Waals surface area contributed by atoms with Gasteiger partial charge < -0.3 is 10.0 Å². The molecule has 1 fully saturated rings. The molecule has 0 radical (unpaired) electrons. The van der Waals surface area contributed by atoms with Gasteiger partial charge in [-0.05, 0) is 29.5 Å². The summed E-state index contributed by atoms with van der Waals surface area (Å²) >= 11 is 5.79. The van der Waals surface area contributed by atoms with Gasteiger partial charge in [0, 0.05) is 18.1 Å². The molecule has 2 aromatic rings. The van der Waals surface area contributed by atoms with E-state index >= 15 is 0 Å². The van der Waals surface area contributed by atoms with Crippen molar-refractivity contribution in [3.05, 3.63) is 35.1 Å². The van der Waals surface area contributed by atoms with Crippen molar-refractivity contribution in [1.29, 1.82) is 0 Å². The zero-order valence-corrected chi connectivity index (χ0v) is 10.5. The minimum absolute atomic E-state index is 0.0156. The van der Waals surface area contributed by atoms with Crippen LogP contribution >= 0.6 is 11.6 Å². The largest absolute Gasteiger partial charge is 0.389 e. The molecule has 98 valence electrons. The number of likely N-dealkylation sites (tertiary alicyclic amines) is 1. The molecule has 0 saturated carbocycles. The predicted molar refractivity (Wildman–Crippen MR) is 66.1 cm³/mol. The zero-order chi connectivity index (χ0) is 13.4. The highest BCUT2D eigenvalue weighted by Crippen LogP contribution is 2.13. The number of aliphatic hydroxyl groups is 1. The number of aromatic nitrogens is 4. The third-order valence-corrected chi connectivity index (χ3v) is 3.06. The molecule has 0 aliphatic carbocycles. The van der Waals surface area contributed by atoms with E-state index in [2.05, 4.69) is 15.4 Å². The Morgan fingerprint density at radius 3 is 2.63 bits per heavy atom. The molecule has 1 aliphatic heterocycles. The molecule has 2 heterocycles. The van der Waals surface area contributed by atoms with Crippen LogP contribution in [0.15, 0.2) is 24.3 Å². The van der Waals surface area contributed by atoms with Crippen LogP contribution in [-0.2, 0) is 0 Å². The Morgan fingerprint density at radius 2 is 2.00 bits per heavy atom. The summed E-state index contributed by atoms with van der Waals surface area (Å²) in [5.41, 5.74) is 0.666. The quantitative estimate of drug-likeness (QED) is 0.845. The molecule has 1 aliphatic rings. The minimum Gasteiger partial charge on any atom is -0.389 e. The van der Waals surface area contributed by atoms with Crippen LogP contribution in [0, 0.1) is 0 Å². The molecule has 1 aromatic carbocycles. The third kappa shape index (κ3) is 2.29. The second-order valence-electron chi connectivity index (χ2n) is 4.24. The summed E-state index contributed by atoms with van der Waals surface area (Å²) in [5.74, 6) is -0.313. The van der Waals surface area contributed by atoms with Crippen LogP contribution in [0.3, 0.4) is 0 Å². The summed E-state index contributed by atoms with van der Waals surface area (Å²) in [6.45, 7) is 0.628. The molecule has 0 spiro atoms. The van der Waals surface area contributed by atoms with E-state index in [-0.39, 0.29) is 11.7 Å². The Labute approximate surface area is 113 Å². The molecule has 0 atom stereocenters. The first-order chi connectivity index (χ1) is 9.13. The maximum atomic E-state index is 11.9. The highest BCUT2D eigenvalue weighted by molar-refractivity contribution is 6.30. The second kappa shape index (κ2) is 4.60. The lowest BCUT2D eigenvalue weighted by Gasteiger charge is -2.34. The van der Waals surface area contributed by atoms with Gasteiger partial charge in [0.05, 0.1) is 11.8 Å². The van der Waals surface area contributed by atoms with Crippen LogP contribution in [-0.4, -0.2) is 55.3 Å². The minimum atomic E-state index is -0.449. The van der Waals surface area contributed by atoms with E-state index in [1.54, 1.807) is 24.3 Å². The smallest absolute Gasteiger partial charge is 0.295 e. The first kappa shape index (κ1) is 12.1. The van der Waals surface area contributed by atoms with Crippen molar-refractivity contribution in [3.8, 4) is 5.69 Å². The van der Waals surface area contributed by atoms with Gasteiger partial charge in [-0.25, -0.2) is 0 Å². The molecule has 3 rings (SSSR count). The molecule has 7 nitrogen and oxygen atoms in total. The van der Waals surface area contributed by atoms with Crippen molar-refractivity contribution in [2.24, 2.45) is 0 Å². The summed E-state index contributed by atoms with van der Waals surface area (Å²) < 4.78 is 0. The SMILES string of the molecule is O=C(c1nnn(-c2ccc(Cl)cc2)n1)N1CC(O)C1. The van der Waals surface area contributed by atoms with Gasteiger partial charge >= 0.3 is 0 Å². The molecule has 19 heavy (non-hydrogen) atoms. The van der Waals surface area contributed by atoms with Gasteiger partial charge in [0.15, 0.2) is 0 Å². The average Bonchev–Trinajstić information content (AvgIpc) is 2.85. The number of carbonyl (C=O) groups is 1. The topological polar surface area (TPSA) is 84.1 Å². The van der Waals surface area contributed by atoms with Gasteiger partial charge in [-0.3, -0.25) is 4.79 Å². The maximum absolute atomic E-state index is 11.9. The van der Waals surface area contributed by atoms with Crippen LogP contribution in [0.5, 0.6) is 0 Å². The van der Waals surface area contributed by atoms with E-state index in [1.165, 1.54) is 9.70 Å². The van der Waals surface area contributed by atoms with Crippen LogP contribution in [0.25, 0.3) is 5.69 Å². The van der Waals surface area contributed by atoms with Gasteiger partial charge in [0.1, 0.15) is 0 Å². The Kier molecular flexibility index (Phi) is 2.92. The fraction of sp³-hybridized carbons (Fsp3) is 0.273. The first-order valence-corrected chi connectivity index (χ1v) is 6.04. The summed E-state index contributed by atoms with van der Waals surface area (Å²) in [6.07, 6.45) is -0.449. The molecule has 1 aromatic heterocycles.